The molecule has 6 nitrogen and oxygen atoms in total. The zero-order valence-corrected chi connectivity index (χ0v) is 14.5. The maximum absolute atomic E-state index is 12.0. The molecule has 0 fully saturated rings. The SMILES string of the molecule is Cc1nn(CCC#N)c(C)c1CCC(=O)NNc1cccc(Cl)c1. The number of carbonyl (C=O) groups excluding carboxylic acids is 1. The Labute approximate surface area is 146 Å². The van der Waals surface area contributed by atoms with Gasteiger partial charge in [-0.15, -0.1) is 0 Å². The highest BCUT2D eigenvalue weighted by Gasteiger charge is 2.13. The average molecular weight is 346 g/mol. The Morgan fingerprint density at radius 1 is 1.42 bits per heavy atom. The van der Waals surface area contributed by atoms with Crippen LogP contribution >= 0.6 is 11.6 Å². The summed E-state index contributed by atoms with van der Waals surface area (Å²) in [6, 6.07) is 9.24. The van der Waals surface area contributed by atoms with Gasteiger partial charge in [-0.2, -0.15) is 10.4 Å². The number of amides is 1. The lowest BCUT2D eigenvalue weighted by molar-refractivity contribution is -0.120. The van der Waals surface area contributed by atoms with Gasteiger partial charge in [0.15, 0.2) is 0 Å². The molecule has 0 saturated heterocycles. The molecule has 0 aliphatic carbocycles. The Morgan fingerprint density at radius 3 is 2.92 bits per heavy atom. The number of hydrogen-bond donors (Lipinski definition) is 2. The van der Waals surface area contributed by atoms with Gasteiger partial charge in [0.05, 0.1) is 30.4 Å². The topological polar surface area (TPSA) is 82.7 Å². The van der Waals surface area contributed by atoms with E-state index in [1.165, 1.54) is 0 Å². The highest BCUT2D eigenvalue weighted by molar-refractivity contribution is 6.30. The molecule has 0 radical (unpaired) electrons. The first-order chi connectivity index (χ1) is 11.5. The molecular weight excluding hydrogens is 326 g/mol. The monoisotopic (exact) mass is 345 g/mol. The molecule has 0 aliphatic heterocycles. The molecule has 24 heavy (non-hydrogen) atoms. The van der Waals surface area contributed by atoms with Crippen LogP contribution in [-0.2, 0) is 17.8 Å². The van der Waals surface area contributed by atoms with E-state index in [0.717, 1.165) is 22.6 Å². The van der Waals surface area contributed by atoms with Gasteiger partial charge in [-0.1, -0.05) is 17.7 Å². The summed E-state index contributed by atoms with van der Waals surface area (Å²) < 4.78 is 1.83. The van der Waals surface area contributed by atoms with Crippen LogP contribution in [0, 0.1) is 25.2 Å². The fourth-order valence-electron chi connectivity index (χ4n) is 2.48. The Balaban J connectivity index is 1.87. The van der Waals surface area contributed by atoms with E-state index in [2.05, 4.69) is 22.0 Å². The van der Waals surface area contributed by atoms with Crippen molar-refractivity contribution >= 4 is 23.2 Å². The van der Waals surface area contributed by atoms with E-state index in [-0.39, 0.29) is 5.91 Å². The lowest BCUT2D eigenvalue weighted by Crippen LogP contribution is -2.29. The Morgan fingerprint density at radius 2 is 2.21 bits per heavy atom. The van der Waals surface area contributed by atoms with Crippen LogP contribution in [-0.4, -0.2) is 15.7 Å². The first-order valence-corrected chi connectivity index (χ1v) is 8.09. The largest absolute Gasteiger partial charge is 0.299 e. The molecule has 126 valence electrons. The molecule has 7 heteroatoms. The van der Waals surface area contributed by atoms with Crippen molar-refractivity contribution in [3.63, 3.8) is 0 Å². The van der Waals surface area contributed by atoms with Gasteiger partial charge in [0.25, 0.3) is 0 Å². The molecule has 0 unspecified atom stereocenters. The quantitative estimate of drug-likeness (QED) is 0.755. The number of nitrogens with one attached hydrogen (secondary N) is 2. The standard InChI is InChI=1S/C17H20ClN5O/c1-12-16(13(2)23(22-12)10-4-9-19)7-8-17(24)21-20-15-6-3-5-14(18)11-15/h3,5-6,11,20H,4,7-8,10H2,1-2H3,(H,21,24). The Hall–Kier alpha value is -2.52. The molecule has 1 amide bonds. The summed E-state index contributed by atoms with van der Waals surface area (Å²) in [6.07, 6.45) is 1.37. The third-order valence-corrected chi connectivity index (χ3v) is 3.97. The van der Waals surface area contributed by atoms with E-state index in [1.54, 1.807) is 18.2 Å². The number of nitriles is 1. The minimum atomic E-state index is -0.112. The molecule has 1 heterocycles. The van der Waals surface area contributed by atoms with Gasteiger partial charge < -0.3 is 0 Å². The van der Waals surface area contributed by atoms with Crippen LogP contribution in [0.3, 0.4) is 0 Å². The highest BCUT2D eigenvalue weighted by Crippen LogP contribution is 2.16. The summed E-state index contributed by atoms with van der Waals surface area (Å²) in [7, 11) is 0. The van der Waals surface area contributed by atoms with Crippen LogP contribution < -0.4 is 10.9 Å². The fourth-order valence-corrected chi connectivity index (χ4v) is 2.67. The number of hydrazine groups is 1. The summed E-state index contributed by atoms with van der Waals surface area (Å²) in [6.45, 7) is 4.47. The van der Waals surface area contributed by atoms with Crippen molar-refractivity contribution in [3.05, 3.63) is 46.2 Å². The molecule has 1 aromatic heterocycles. The van der Waals surface area contributed by atoms with Crippen molar-refractivity contribution in [2.45, 2.75) is 39.7 Å². The molecule has 0 aliphatic rings. The van der Waals surface area contributed by atoms with E-state index in [1.807, 2.05) is 24.6 Å². The second-order valence-electron chi connectivity index (χ2n) is 5.46. The highest BCUT2D eigenvalue weighted by atomic mass is 35.5. The maximum atomic E-state index is 12.0. The van der Waals surface area contributed by atoms with Gasteiger partial charge in [-0.05, 0) is 44.0 Å². The van der Waals surface area contributed by atoms with Crippen molar-refractivity contribution in [1.29, 1.82) is 5.26 Å². The average Bonchev–Trinajstić information content (AvgIpc) is 2.83. The molecule has 2 N–H and O–H groups in total. The lowest BCUT2D eigenvalue weighted by atomic mass is 10.1. The minimum Gasteiger partial charge on any atom is -0.299 e. The summed E-state index contributed by atoms with van der Waals surface area (Å²) in [4.78, 5) is 12.0. The molecular formula is C17H20ClN5O. The normalized spacial score (nSPS) is 10.2. The lowest BCUT2D eigenvalue weighted by Gasteiger charge is -2.09. The number of aromatic nitrogens is 2. The van der Waals surface area contributed by atoms with Crippen molar-refractivity contribution in [2.24, 2.45) is 0 Å². The van der Waals surface area contributed by atoms with E-state index in [4.69, 9.17) is 16.9 Å². The second kappa shape index (κ2) is 8.37. The van der Waals surface area contributed by atoms with Crippen molar-refractivity contribution in [2.75, 3.05) is 5.43 Å². The van der Waals surface area contributed by atoms with Gasteiger partial charge in [-0.3, -0.25) is 20.3 Å². The third-order valence-electron chi connectivity index (χ3n) is 3.74. The fraction of sp³-hybridized carbons (Fsp3) is 0.353. The minimum absolute atomic E-state index is 0.112. The van der Waals surface area contributed by atoms with E-state index >= 15 is 0 Å². The van der Waals surface area contributed by atoms with Crippen LogP contribution in [0.25, 0.3) is 0 Å². The van der Waals surface area contributed by atoms with Gasteiger partial charge in [-0.25, -0.2) is 0 Å². The van der Waals surface area contributed by atoms with Crippen LogP contribution in [0.1, 0.15) is 29.8 Å². The molecule has 0 spiro atoms. The van der Waals surface area contributed by atoms with Gasteiger partial charge in [0.2, 0.25) is 5.91 Å². The molecule has 0 saturated carbocycles. The van der Waals surface area contributed by atoms with Gasteiger partial charge >= 0.3 is 0 Å². The first kappa shape index (κ1) is 17.8. The van der Waals surface area contributed by atoms with Crippen LogP contribution in [0.4, 0.5) is 5.69 Å². The molecule has 0 bridgehead atoms. The summed E-state index contributed by atoms with van der Waals surface area (Å²) in [5.74, 6) is -0.112. The van der Waals surface area contributed by atoms with E-state index < -0.39 is 0 Å². The summed E-state index contributed by atoms with van der Waals surface area (Å²) >= 11 is 5.89. The molecule has 2 aromatic rings. The molecule has 2 rings (SSSR count). The van der Waals surface area contributed by atoms with Gasteiger partial charge in [0.1, 0.15) is 0 Å². The van der Waals surface area contributed by atoms with Gasteiger partial charge in [0, 0.05) is 17.1 Å². The Kier molecular flexibility index (Phi) is 6.21. The van der Waals surface area contributed by atoms with Crippen LogP contribution in [0.2, 0.25) is 5.02 Å². The summed E-state index contributed by atoms with van der Waals surface area (Å²) in [5, 5.41) is 13.7. The van der Waals surface area contributed by atoms with E-state index in [0.29, 0.717) is 30.8 Å². The number of benzene rings is 1. The zero-order chi connectivity index (χ0) is 17.5. The molecule has 1 aromatic carbocycles. The maximum Gasteiger partial charge on any atom is 0.238 e. The number of carbonyl (C=O) groups is 1. The predicted molar refractivity (Wildman–Crippen MR) is 93.5 cm³/mol. The number of aryl methyl sites for hydroxylation is 2. The van der Waals surface area contributed by atoms with Crippen LogP contribution in [0.15, 0.2) is 24.3 Å². The van der Waals surface area contributed by atoms with Crippen molar-refractivity contribution in [1.82, 2.24) is 15.2 Å². The number of nitrogens with zero attached hydrogens (tertiary/aromatic N) is 3. The first-order valence-electron chi connectivity index (χ1n) is 7.71. The van der Waals surface area contributed by atoms with Crippen molar-refractivity contribution in [3.8, 4) is 6.07 Å². The number of halogens is 1. The third kappa shape index (κ3) is 4.74. The Bertz CT molecular complexity index is 763. The molecule has 0 atom stereocenters. The second-order valence-corrected chi connectivity index (χ2v) is 5.90. The number of rotatable bonds is 7. The number of anilines is 1. The smallest absolute Gasteiger partial charge is 0.238 e. The predicted octanol–water partition coefficient (Wildman–Crippen LogP) is 3.14. The van der Waals surface area contributed by atoms with Crippen LogP contribution in [0.5, 0.6) is 0 Å². The van der Waals surface area contributed by atoms with Crippen molar-refractivity contribution < 1.29 is 4.79 Å². The number of hydrogen-bond acceptors (Lipinski definition) is 4. The van der Waals surface area contributed by atoms with E-state index in [9.17, 15) is 4.79 Å². The summed E-state index contributed by atoms with van der Waals surface area (Å²) in [5.41, 5.74) is 9.21. The zero-order valence-electron chi connectivity index (χ0n) is 13.8.